The molecule has 0 saturated carbocycles. The second kappa shape index (κ2) is 7.26. The van der Waals surface area contributed by atoms with E-state index >= 15 is 0 Å². The van der Waals surface area contributed by atoms with Crippen molar-refractivity contribution in [1.82, 2.24) is 9.97 Å². The smallest absolute Gasteiger partial charge is 0.259 e. The van der Waals surface area contributed by atoms with Crippen LogP contribution in [0.1, 0.15) is 29.6 Å². The third-order valence-electron chi connectivity index (χ3n) is 4.43. The normalized spacial score (nSPS) is 11.1. The van der Waals surface area contributed by atoms with Gasteiger partial charge in [0, 0.05) is 11.3 Å². The summed E-state index contributed by atoms with van der Waals surface area (Å²) in [5.74, 6) is 0.722. The summed E-state index contributed by atoms with van der Waals surface area (Å²) in [4.78, 5) is 22.0. The minimum absolute atomic E-state index is 0.0375. The third-order valence-corrected chi connectivity index (χ3v) is 5.52. The number of hydrogen-bond donors (Lipinski definition) is 1. The Hall–Kier alpha value is -2.72. The SMILES string of the molecule is CCCc1cc2c(=O)[nH]c(Cc3ccc(-c4ccccc4)cc3)nc2s1. The molecule has 0 bridgehead atoms. The molecule has 2 aromatic heterocycles. The van der Waals surface area contributed by atoms with Crippen LogP contribution < -0.4 is 5.56 Å². The summed E-state index contributed by atoms with van der Waals surface area (Å²) in [5.41, 5.74) is 3.49. The molecule has 0 unspecified atom stereocenters. The highest BCUT2D eigenvalue weighted by Gasteiger charge is 2.09. The second-order valence-electron chi connectivity index (χ2n) is 6.43. The Morgan fingerprint density at radius 1 is 1.00 bits per heavy atom. The van der Waals surface area contributed by atoms with E-state index in [1.54, 1.807) is 11.3 Å². The molecule has 4 heteroatoms. The number of aromatic amines is 1. The lowest BCUT2D eigenvalue weighted by atomic mass is 10.0. The Bertz CT molecular complexity index is 1080. The number of nitrogens with one attached hydrogen (secondary N) is 1. The number of nitrogens with zero attached hydrogens (tertiary/aromatic N) is 1. The Labute approximate surface area is 156 Å². The highest BCUT2D eigenvalue weighted by molar-refractivity contribution is 7.18. The van der Waals surface area contributed by atoms with Gasteiger partial charge in [0.05, 0.1) is 5.39 Å². The molecule has 4 aromatic rings. The Balaban J connectivity index is 1.59. The first-order valence-electron chi connectivity index (χ1n) is 8.89. The summed E-state index contributed by atoms with van der Waals surface area (Å²) >= 11 is 1.63. The number of aryl methyl sites for hydroxylation is 1. The Kier molecular flexibility index (Phi) is 4.67. The van der Waals surface area contributed by atoms with Crippen LogP contribution in [0.2, 0.25) is 0 Å². The maximum absolute atomic E-state index is 12.4. The predicted molar refractivity (Wildman–Crippen MR) is 109 cm³/mol. The standard InChI is InChI=1S/C22H20N2OS/c1-2-6-18-14-19-21(25)23-20(24-22(19)26-18)13-15-9-11-17(12-10-15)16-7-4-3-5-8-16/h3-5,7-12,14H,2,6,13H2,1H3,(H,23,24,25). The van der Waals surface area contributed by atoms with E-state index in [4.69, 9.17) is 0 Å². The van der Waals surface area contributed by atoms with E-state index in [0.29, 0.717) is 11.8 Å². The number of thiophene rings is 1. The van der Waals surface area contributed by atoms with Gasteiger partial charge in [-0.1, -0.05) is 67.9 Å². The number of aromatic nitrogens is 2. The van der Waals surface area contributed by atoms with Crippen molar-refractivity contribution in [2.75, 3.05) is 0 Å². The van der Waals surface area contributed by atoms with Crippen LogP contribution in [-0.2, 0) is 12.8 Å². The average Bonchev–Trinajstić information content (AvgIpc) is 3.07. The monoisotopic (exact) mass is 360 g/mol. The van der Waals surface area contributed by atoms with Crippen molar-refractivity contribution in [3.8, 4) is 11.1 Å². The predicted octanol–water partition coefficient (Wildman–Crippen LogP) is 5.19. The van der Waals surface area contributed by atoms with Crippen LogP contribution >= 0.6 is 11.3 Å². The Morgan fingerprint density at radius 3 is 2.46 bits per heavy atom. The van der Waals surface area contributed by atoms with Crippen LogP contribution in [0.3, 0.4) is 0 Å². The lowest BCUT2D eigenvalue weighted by Crippen LogP contribution is -2.10. The number of hydrogen-bond acceptors (Lipinski definition) is 3. The van der Waals surface area contributed by atoms with Gasteiger partial charge in [0.1, 0.15) is 10.7 Å². The number of fused-ring (bicyclic) bond motifs is 1. The zero-order chi connectivity index (χ0) is 17.9. The molecule has 0 aliphatic heterocycles. The van der Waals surface area contributed by atoms with Gasteiger partial charge >= 0.3 is 0 Å². The molecule has 2 heterocycles. The molecular formula is C22H20N2OS. The van der Waals surface area contributed by atoms with Gasteiger partial charge in [-0.15, -0.1) is 11.3 Å². The van der Waals surface area contributed by atoms with Crippen LogP contribution in [0.15, 0.2) is 65.5 Å². The van der Waals surface area contributed by atoms with Crippen LogP contribution in [0.4, 0.5) is 0 Å². The number of benzene rings is 2. The molecule has 0 saturated heterocycles. The van der Waals surface area contributed by atoms with Gasteiger partial charge in [0.15, 0.2) is 0 Å². The Morgan fingerprint density at radius 2 is 1.73 bits per heavy atom. The summed E-state index contributed by atoms with van der Waals surface area (Å²) in [6.45, 7) is 2.15. The van der Waals surface area contributed by atoms with Gasteiger partial charge < -0.3 is 4.98 Å². The molecule has 0 spiro atoms. The van der Waals surface area contributed by atoms with Crippen molar-refractivity contribution in [3.05, 3.63) is 87.3 Å². The molecule has 26 heavy (non-hydrogen) atoms. The fraction of sp³-hybridized carbons (Fsp3) is 0.182. The van der Waals surface area contributed by atoms with E-state index in [-0.39, 0.29) is 5.56 Å². The van der Waals surface area contributed by atoms with E-state index < -0.39 is 0 Å². The van der Waals surface area contributed by atoms with Crippen LogP contribution in [-0.4, -0.2) is 9.97 Å². The average molecular weight is 360 g/mol. The van der Waals surface area contributed by atoms with Gasteiger partial charge in [-0.05, 0) is 29.2 Å². The van der Waals surface area contributed by atoms with Gasteiger partial charge in [-0.25, -0.2) is 4.98 Å². The molecule has 0 aliphatic rings. The van der Waals surface area contributed by atoms with E-state index in [1.165, 1.54) is 16.0 Å². The molecule has 3 nitrogen and oxygen atoms in total. The highest BCUT2D eigenvalue weighted by Crippen LogP contribution is 2.23. The zero-order valence-electron chi connectivity index (χ0n) is 14.7. The van der Waals surface area contributed by atoms with E-state index in [2.05, 4.69) is 53.3 Å². The lowest BCUT2D eigenvalue weighted by Gasteiger charge is -2.05. The summed E-state index contributed by atoms with van der Waals surface area (Å²) in [5, 5.41) is 0.710. The molecule has 4 rings (SSSR count). The molecule has 2 aromatic carbocycles. The fourth-order valence-electron chi connectivity index (χ4n) is 3.12. The van der Waals surface area contributed by atoms with Crippen molar-refractivity contribution in [3.63, 3.8) is 0 Å². The molecule has 0 atom stereocenters. The van der Waals surface area contributed by atoms with Crippen molar-refractivity contribution < 1.29 is 0 Å². The first kappa shape index (κ1) is 16.7. The molecule has 0 fully saturated rings. The topological polar surface area (TPSA) is 45.8 Å². The lowest BCUT2D eigenvalue weighted by molar-refractivity contribution is 0.940. The van der Waals surface area contributed by atoms with E-state index in [1.807, 2.05) is 24.3 Å². The molecule has 0 radical (unpaired) electrons. The minimum Gasteiger partial charge on any atom is -0.310 e. The van der Waals surface area contributed by atoms with Crippen LogP contribution in [0.5, 0.6) is 0 Å². The van der Waals surface area contributed by atoms with Crippen molar-refractivity contribution in [1.29, 1.82) is 0 Å². The molecule has 130 valence electrons. The zero-order valence-corrected chi connectivity index (χ0v) is 15.5. The largest absolute Gasteiger partial charge is 0.310 e. The van der Waals surface area contributed by atoms with E-state index in [0.717, 1.165) is 29.1 Å². The molecule has 0 amide bonds. The van der Waals surface area contributed by atoms with Crippen molar-refractivity contribution in [2.24, 2.45) is 0 Å². The first-order valence-corrected chi connectivity index (χ1v) is 9.70. The first-order chi connectivity index (χ1) is 12.7. The number of H-pyrrole nitrogens is 1. The fourth-order valence-corrected chi connectivity index (χ4v) is 4.27. The molecule has 0 aliphatic carbocycles. The summed E-state index contributed by atoms with van der Waals surface area (Å²) < 4.78 is 0. The molecule has 1 N–H and O–H groups in total. The summed E-state index contributed by atoms with van der Waals surface area (Å²) in [6, 6.07) is 20.7. The summed E-state index contributed by atoms with van der Waals surface area (Å²) in [7, 11) is 0. The van der Waals surface area contributed by atoms with Gasteiger partial charge in [-0.2, -0.15) is 0 Å². The quantitative estimate of drug-likeness (QED) is 0.532. The van der Waals surface area contributed by atoms with Crippen molar-refractivity contribution in [2.45, 2.75) is 26.2 Å². The maximum atomic E-state index is 12.4. The van der Waals surface area contributed by atoms with Gasteiger partial charge in [0.25, 0.3) is 5.56 Å². The maximum Gasteiger partial charge on any atom is 0.259 e. The third kappa shape index (κ3) is 3.46. The van der Waals surface area contributed by atoms with Crippen molar-refractivity contribution >= 4 is 21.6 Å². The number of rotatable bonds is 5. The van der Waals surface area contributed by atoms with Gasteiger partial charge in [0.2, 0.25) is 0 Å². The van der Waals surface area contributed by atoms with Crippen LogP contribution in [0.25, 0.3) is 21.3 Å². The van der Waals surface area contributed by atoms with Crippen LogP contribution in [0, 0.1) is 0 Å². The van der Waals surface area contributed by atoms with Gasteiger partial charge in [-0.3, -0.25) is 4.79 Å². The van der Waals surface area contributed by atoms with E-state index in [9.17, 15) is 4.79 Å². The summed E-state index contributed by atoms with van der Waals surface area (Å²) in [6.07, 6.45) is 2.70. The second-order valence-corrected chi connectivity index (χ2v) is 7.55. The minimum atomic E-state index is -0.0375. The highest BCUT2D eigenvalue weighted by atomic mass is 32.1. The molecular weight excluding hydrogens is 340 g/mol.